The minimum atomic E-state index is -0.224. The number of benzene rings is 1. The number of hydrogen-bond donors (Lipinski definition) is 1. The number of nitrogens with two attached hydrogens (primary N) is 1. The molecule has 1 aromatic heterocycles. The molecular weight excluding hydrogens is 250 g/mol. The van der Waals surface area contributed by atoms with Crippen LogP contribution in [0.2, 0.25) is 0 Å². The van der Waals surface area contributed by atoms with Gasteiger partial charge in [0.15, 0.2) is 5.82 Å². The Morgan fingerprint density at radius 1 is 1.30 bits per heavy atom. The van der Waals surface area contributed by atoms with Crippen LogP contribution in [0.3, 0.4) is 0 Å². The maximum atomic E-state index is 5.87. The summed E-state index contributed by atoms with van der Waals surface area (Å²) in [6.45, 7) is 4.69. The quantitative estimate of drug-likeness (QED) is 0.908. The number of aromatic nitrogens is 2. The van der Waals surface area contributed by atoms with Crippen molar-refractivity contribution in [3.63, 3.8) is 0 Å². The van der Waals surface area contributed by atoms with Crippen LogP contribution in [0.15, 0.2) is 34.9 Å². The molecule has 1 heterocycles. The molecule has 20 heavy (non-hydrogen) atoms. The molecule has 4 heteroatoms. The van der Waals surface area contributed by atoms with Crippen molar-refractivity contribution in [3.05, 3.63) is 47.6 Å². The van der Waals surface area contributed by atoms with Gasteiger partial charge in [0.05, 0.1) is 10.8 Å². The first-order valence-corrected chi connectivity index (χ1v) is 7.25. The Morgan fingerprint density at radius 2 is 2.00 bits per heavy atom. The highest BCUT2D eigenvalue weighted by atomic mass is 16.5. The van der Waals surface area contributed by atoms with Crippen LogP contribution >= 0.6 is 0 Å². The van der Waals surface area contributed by atoms with E-state index in [9.17, 15) is 0 Å². The SMILES string of the molecule is CCC(C)(CN)c1nc(C2(c3ccccc3)CC2)no1. The molecule has 0 aliphatic heterocycles. The highest BCUT2D eigenvalue weighted by Gasteiger charge is 2.50. The van der Waals surface area contributed by atoms with Crippen LogP contribution in [0, 0.1) is 0 Å². The predicted octanol–water partition coefficient (Wildman–Crippen LogP) is 2.78. The monoisotopic (exact) mass is 271 g/mol. The van der Waals surface area contributed by atoms with Gasteiger partial charge in [0.1, 0.15) is 0 Å². The second kappa shape index (κ2) is 4.70. The summed E-state index contributed by atoms with van der Waals surface area (Å²) in [6, 6.07) is 10.4. The average Bonchev–Trinajstić information content (AvgIpc) is 3.17. The average molecular weight is 271 g/mol. The van der Waals surface area contributed by atoms with E-state index in [0.29, 0.717) is 12.4 Å². The molecule has 0 amide bonds. The first-order chi connectivity index (χ1) is 9.64. The number of rotatable bonds is 5. The number of hydrogen-bond acceptors (Lipinski definition) is 4. The third kappa shape index (κ3) is 1.95. The molecule has 1 unspecified atom stereocenters. The van der Waals surface area contributed by atoms with Gasteiger partial charge in [-0.3, -0.25) is 0 Å². The molecule has 4 nitrogen and oxygen atoms in total. The van der Waals surface area contributed by atoms with Crippen LogP contribution in [0.25, 0.3) is 0 Å². The lowest BCUT2D eigenvalue weighted by atomic mass is 9.87. The van der Waals surface area contributed by atoms with Crippen molar-refractivity contribution in [2.45, 2.75) is 43.9 Å². The molecule has 3 rings (SSSR count). The Hall–Kier alpha value is -1.68. The normalized spacial score (nSPS) is 19.6. The van der Waals surface area contributed by atoms with Crippen LogP contribution in [-0.4, -0.2) is 16.7 Å². The summed E-state index contributed by atoms with van der Waals surface area (Å²) < 4.78 is 5.52. The van der Waals surface area contributed by atoms with Crippen molar-refractivity contribution in [3.8, 4) is 0 Å². The van der Waals surface area contributed by atoms with Crippen LogP contribution in [0.4, 0.5) is 0 Å². The molecule has 1 saturated carbocycles. The Kier molecular flexibility index (Phi) is 3.13. The summed E-state index contributed by atoms with van der Waals surface area (Å²) >= 11 is 0. The van der Waals surface area contributed by atoms with Crippen LogP contribution in [0.5, 0.6) is 0 Å². The minimum absolute atomic E-state index is 0.0355. The molecule has 0 bridgehead atoms. The lowest BCUT2D eigenvalue weighted by Crippen LogP contribution is -2.31. The molecule has 0 spiro atoms. The fourth-order valence-corrected chi connectivity index (χ4v) is 2.57. The van der Waals surface area contributed by atoms with Gasteiger partial charge in [0, 0.05) is 6.54 Å². The summed E-state index contributed by atoms with van der Waals surface area (Å²) in [5.74, 6) is 1.48. The van der Waals surface area contributed by atoms with Crippen LogP contribution in [-0.2, 0) is 10.8 Å². The fraction of sp³-hybridized carbons (Fsp3) is 0.500. The lowest BCUT2D eigenvalue weighted by molar-refractivity contribution is 0.288. The predicted molar refractivity (Wildman–Crippen MR) is 77.5 cm³/mol. The zero-order chi connectivity index (χ0) is 14.2. The molecule has 2 N–H and O–H groups in total. The Labute approximate surface area is 119 Å². The summed E-state index contributed by atoms with van der Waals surface area (Å²) in [5.41, 5.74) is 6.88. The van der Waals surface area contributed by atoms with Gasteiger partial charge in [-0.15, -0.1) is 0 Å². The van der Waals surface area contributed by atoms with Gasteiger partial charge >= 0.3 is 0 Å². The van der Waals surface area contributed by atoms with E-state index in [1.54, 1.807) is 0 Å². The van der Waals surface area contributed by atoms with E-state index in [4.69, 9.17) is 10.3 Å². The lowest BCUT2D eigenvalue weighted by Gasteiger charge is -2.20. The van der Waals surface area contributed by atoms with Crippen molar-refractivity contribution in [2.75, 3.05) is 6.54 Å². The summed E-state index contributed by atoms with van der Waals surface area (Å²) in [6.07, 6.45) is 3.06. The van der Waals surface area contributed by atoms with Crippen molar-refractivity contribution >= 4 is 0 Å². The van der Waals surface area contributed by atoms with E-state index in [2.05, 4.69) is 48.3 Å². The highest BCUT2D eigenvalue weighted by molar-refractivity contribution is 5.38. The fourth-order valence-electron chi connectivity index (χ4n) is 2.57. The van der Waals surface area contributed by atoms with E-state index < -0.39 is 0 Å². The topological polar surface area (TPSA) is 64.9 Å². The van der Waals surface area contributed by atoms with Gasteiger partial charge in [0.2, 0.25) is 5.89 Å². The first kappa shape index (κ1) is 13.3. The zero-order valence-electron chi connectivity index (χ0n) is 12.1. The van der Waals surface area contributed by atoms with E-state index in [-0.39, 0.29) is 10.8 Å². The van der Waals surface area contributed by atoms with Crippen molar-refractivity contribution in [1.29, 1.82) is 0 Å². The molecule has 0 saturated heterocycles. The molecule has 1 atom stereocenters. The molecule has 1 aliphatic rings. The van der Waals surface area contributed by atoms with Gasteiger partial charge in [-0.25, -0.2) is 0 Å². The summed E-state index contributed by atoms with van der Waals surface area (Å²) in [4.78, 5) is 4.68. The van der Waals surface area contributed by atoms with E-state index in [1.807, 2.05) is 6.07 Å². The largest absolute Gasteiger partial charge is 0.339 e. The molecule has 0 radical (unpaired) electrons. The molecule has 2 aromatic rings. The van der Waals surface area contributed by atoms with Crippen molar-refractivity contribution in [2.24, 2.45) is 5.73 Å². The summed E-state index contributed by atoms with van der Waals surface area (Å²) in [7, 11) is 0. The first-order valence-electron chi connectivity index (χ1n) is 7.25. The Bertz CT molecular complexity index is 583. The van der Waals surface area contributed by atoms with Gasteiger partial charge in [0.25, 0.3) is 0 Å². The molecule has 106 valence electrons. The van der Waals surface area contributed by atoms with E-state index in [0.717, 1.165) is 25.1 Å². The Balaban J connectivity index is 1.95. The van der Waals surface area contributed by atoms with Crippen molar-refractivity contribution in [1.82, 2.24) is 10.1 Å². The standard InChI is InChI=1S/C16H21N3O/c1-3-15(2,11-17)14-18-13(19-20-14)16(9-10-16)12-7-5-4-6-8-12/h4-8H,3,9-11,17H2,1-2H3. The third-order valence-corrected chi connectivity index (χ3v) is 4.68. The van der Waals surface area contributed by atoms with E-state index >= 15 is 0 Å². The van der Waals surface area contributed by atoms with Crippen LogP contribution < -0.4 is 5.73 Å². The number of nitrogens with zero attached hydrogens (tertiary/aromatic N) is 2. The van der Waals surface area contributed by atoms with Gasteiger partial charge < -0.3 is 10.3 Å². The smallest absolute Gasteiger partial charge is 0.233 e. The maximum absolute atomic E-state index is 5.87. The summed E-state index contributed by atoms with van der Waals surface area (Å²) in [5, 5.41) is 4.25. The highest BCUT2D eigenvalue weighted by Crippen LogP contribution is 2.52. The Morgan fingerprint density at radius 3 is 2.55 bits per heavy atom. The van der Waals surface area contributed by atoms with Crippen LogP contribution in [0.1, 0.15) is 50.4 Å². The van der Waals surface area contributed by atoms with E-state index in [1.165, 1.54) is 5.56 Å². The molecule has 1 aliphatic carbocycles. The minimum Gasteiger partial charge on any atom is -0.339 e. The molecule has 1 aromatic carbocycles. The molecular formula is C16H21N3O. The van der Waals surface area contributed by atoms with Gasteiger partial charge in [-0.1, -0.05) is 42.4 Å². The van der Waals surface area contributed by atoms with Crippen molar-refractivity contribution < 1.29 is 4.52 Å². The maximum Gasteiger partial charge on any atom is 0.233 e. The van der Waals surface area contributed by atoms with Gasteiger partial charge in [-0.05, 0) is 31.7 Å². The molecule has 1 fully saturated rings. The zero-order valence-corrected chi connectivity index (χ0v) is 12.1. The second-order valence-electron chi connectivity index (χ2n) is 5.99. The van der Waals surface area contributed by atoms with Gasteiger partial charge in [-0.2, -0.15) is 4.98 Å². The second-order valence-corrected chi connectivity index (χ2v) is 5.99. The third-order valence-electron chi connectivity index (χ3n) is 4.68.